The molecule has 0 aliphatic heterocycles. The molecule has 0 heterocycles. The summed E-state index contributed by atoms with van der Waals surface area (Å²) in [6, 6.07) is 0. The fraction of sp³-hybridized carbons (Fsp3) is 0.643. The smallest absolute Gasteiger partial charge is 0.159 e. The fourth-order valence-corrected chi connectivity index (χ4v) is 4.12. The van der Waals surface area contributed by atoms with E-state index in [0.717, 1.165) is 0 Å². The zero-order chi connectivity index (χ0) is 10.8. The summed E-state index contributed by atoms with van der Waals surface area (Å²) in [5.74, 6) is 2.39. The summed E-state index contributed by atoms with van der Waals surface area (Å²) in [7, 11) is 0. The maximum absolute atomic E-state index is 11.8. The van der Waals surface area contributed by atoms with E-state index in [9.17, 15) is 4.79 Å². The first-order chi connectivity index (χ1) is 7.00. The lowest BCUT2D eigenvalue weighted by molar-refractivity contribution is -0.118. The highest BCUT2D eigenvalue weighted by molar-refractivity contribution is 5.95. The van der Waals surface area contributed by atoms with Crippen LogP contribution in [0.4, 0.5) is 0 Å². The van der Waals surface area contributed by atoms with Gasteiger partial charge in [-0.2, -0.15) is 0 Å². The molecule has 0 radical (unpaired) electrons. The van der Waals surface area contributed by atoms with Gasteiger partial charge in [0.15, 0.2) is 5.78 Å². The summed E-state index contributed by atoms with van der Waals surface area (Å²) in [6.45, 7) is 6.84. The highest BCUT2D eigenvalue weighted by atomic mass is 16.1. The van der Waals surface area contributed by atoms with E-state index in [1.165, 1.54) is 12.0 Å². The lowest BCUT2D eigenvalue weighted by atomic mass is 9.69. The van der Waals surface area contributed by atoms with E-state index >= 15 is 0 Å². The van der Waals surface area contributed by atoms with E-state index in [4.69, 9.17) is 0 Å². The lowest BCUT2D eigenvalue weighted by Crippen LogP contribution is -2.26. The number of allylic oxidation sites excluding steroid dienone is 4. The maximum Gasteiger partial charge on any atom is 0.159 e. The van der Waals surface area contributed by atoms with Gasteiger partial charge in [0.25, 0.3) is 0 Å². The molecule has 1 fully saturated rings. The molecule has 0 unspecified atom stereocenters. The van der Waals surface area contributed by atoms with Crippen LogP contribution in [0.1, 0.15) is 27.2 Å². The van der Waals surface area contributed by atoms with Crippen molar-refractivity contribution < 1.29 is 4.79 Å². The summed E-state index contributed by atoms with van der Waals surface area (Å²) in [4.78, 5) is 11.8. The largest absolute Gasteiger partial charge is 0.295 e. The van der Waals surface area contributed by atoms with Crippen LogP contribution in [0.2, 0.25) is 0 Å². The second-order valence-electron chi connectivity index (χ2n) is 6.02. The lowest BCUT2D eigenvalue weighted by Gasteiger charge is -2.35. The molecule has 0 saturated heterocycles. The molecule has 0 aromatic rings. The third kappa shape index (κ3) is 1.07. The molecule has 1 saturated carbocycles. The number of rotatable bonds is 0. The van der Waals surface area contributed by atoms with Crippen LogP contribution in [0, 0.1) is 29.1 Å². The summed E-state index contributed by atoms with van der Waals surface area (Å²) in [5, 5.41) is 0. The van der Waals surface area contributed by atoms with E-state index in [1.54, 1.807) is 0 Å². The Morgan fingerprint density at radius 2 is 2.13 bits per heavy atom. The van der Waals surface area contributed by atoms with Crippen molar-refractivity contribution in [2.75, 3.05) is 0 Å². The van der Waals surface area contributed by atoms with Crippen LogP contribution in [0.5, 0.6) is 0 Å². The van der Waals surface area contributed by atoms with Crippen molar-refractivity contribution >= 4 is 5.78 Å². The first-order valence-corrected chi connectivity index (χ1v) is 5.92. The van der Waals surface area contributed by atoms with Crippen molar-refractivity contribution in [1.82, 2.24) is 0 Å². The number of hydrogen-bond donors (Lipinski definition) is 0. The summed E-state index contributed by atoms with van der Waals surface area (Å²) in [5.41, 5.74) is 1.72. The molecule has 1 nitrogen and oxygen atoms in total. The molecule has 3 aliphatic rings. The standard InChI is InChI=1S/C14H18O/c1-8-7-14(2,3)11-6-10(8)13-9(11)4-5-12(13)15/h4-5,7,9-11,13H,6H2,1-3H3/t9-,10+,11+,13-/m1/s1. The van der Waals surface area contributed by atoms with Gasteiger partial charge in [-0.1, -0.05) is 31.6 Å². The van der Waals surface area contributed by atoms with Crippen molar-refractivity contribution in [3.05, 3.63) is 23.8 Å². The number of hydrogen-bond acceptors (Lipinski definition) is 1. The second kappa shape index (κ2) is 2.63. The minimum atomic E-state index is 0.273. The average molecular weight is 202 g/mol. The van der Waals surface area contributed by atoms with E-state index < -0.39 is 0 Å². The molecule has 3 rings (SSSR count). The molecular weight excluding hydrogens is 184 g/mol. The third-order valence-corrected chi connectivity index (χ3v) is 4.77. The van der Waals surface area contributed by atoms with Crippen molar-refractivity contribution in [3.8, 4) is 0 Å². The molecule has 4 atom stereocenters. The van der Waals surface area contributed by atoms with Crippen LogP contribution >= 0.6 is 0 Å². The van der Waals surface area contributed by atoms with Gasteiger partial charge in [0.1, 0.15) is 0 Å². The minimum Gasteiger partial charge on any atom is -0.295 e. The molecule has 2 bridgehead atoms. The molecule has 0 aromatic heterocycles. The fourth-order valence-electron chi connectivity index (χ4n) is 4.12. The molecular formula is C14H18O. The Labute approximate surface area is 91.2 Å². The Bertz CT molecular complexity index is 386. The second-order valence-corrected chi connectivity index (χ2v) is 6.02. The molecule has 80 valence electrons. The molecule has 0 amide bonds. The maximum atomic E-state index is 11.8. The van der Waals surface area contributed by atoms with E-state index in [0.29, 0.717) is 23.5 Å². The van der Waals surface area contributed by atoms with Crippen LogP contribution in [0.25, 0.3) is 0 Å². The molecule has 1 heteroatoms. The Hall–Kier alpha value is -0.850. The van der Waals surface area contributed by atoms with Gasteiger partial charge in [-0.3, -0.25) is 4.79 Å². The van der Waals surface area contributed by atoms with Gasteiger partial charge in [0.2, 0.25) is 0 Å². The predicted molar refractivity (Wildman–Crippen MR) is 60.3 cm³/mol. The molecule has 3 aliphatic carbocycles. The van der Waals surface area contributed by atoms with E-state index in [2.05, 4.69) is 32.9 Å². The molecule has 0 spiro atoms. The van der Waals surface area contributed by atoms with Gasteiger partial charge < -0.3 is 0 Å². The zero-order valence-corrected chi connectivity index (χ0v) is 9.66. The Balaban J connectivity index is 2.09. The van der Waals surface area contributed by atoms with Gasteiger partial charge in [0.05, 0.1) is 0 Å². The van der Waals surface area contributed by atoms with Crippen LogP contribution in [0.15, 0.2) is 23.8 Å². The third-order valence-electron chi connectivity index (χ3n) is 4.77. The van der Waals surface area contributed by atoms with Crippen molar-refractivity contribution in [1.29, 1.82) is 0 Å². The topological polar surface area (TPSA) is 17.1 Å². The Morgan fingerprint density at radius 3 is 2.87 bits per heavy atom. The summed E-state index contributed by atoms with van der Waals surface area (Å²) in [6.07, 6.45) is 7.63. The van der Waals surface area contributed by atoms with Gasteiger partial charge in [0, 0.05) is 5.92 Å². The average Bonchev–Trinajstić information content (AvgIpc) is 2.63. The molecule has 15 heavy (non-hydrogen) atoms. The van der Waals surface area contributed by atoms with E-state index in [1.807, 2.05) is 6.08 Å². The van der Waals surface area contributed by atoms with Crippen molar-refractivity contribution in [2.24, 2.45) is 29.1 Å². The van der Waals surface area contributed by atoms with Crippen molar-refractivity contribution in [2.45, 2.75) is 27.2 Å². The summed E-state index contributed by atoms with van der Waals surface area (Å²) < 4.78 is 0. The number of ketones is 1. The predicted octanol–water partition coefficient (Wildman–Crippen LogP) is 2.98. The molecule has 0 N–H and O–H groups in total. The number of carbonyl (C=O) groups is 1. The first-order valence-electron chi connectivity index (χ1n) is 5.92. The number of carbonyl (C=O) groups excluding carboxylic acids is 1. The Morgan fingerprint density at radius 1 is 1.40 bits per heavy atom. The normalized spacial score (nSPS) is 45.5. The van der Waals surface area contributed by atoms with Crippen LogP contribution in [-0.4, -0.2) is 5.78 Å². The summed E-state index contributed by atoms with van der Waals surface area (Å²) >= 11 is 0. The van der Waals surface area contributed by atoms with Crippen LogP contribution < -0.4 is 0 Å². The van der Waals surface area contributed by atoms with Gasteiger partial charge in [-0.25, -0.2) is 0 Å². The SMILES string of the molecule is CC1=CC(C)(C)[C@H]2C[C@@H]1[C@@H]1C(=O)C=C[C@@H]12. The monoisotopic (exact) mass is 202 g/mol. The highest BCUT2D eigenvalue weighted by Crippen LogP contribution is 2.58. The van der Waals surface area contributed by atoms with Crippen molar-refractivity contribution in [3.63, 3.8) is 0 Å². The Kier molecular flexibility index (Phi) is 1.65. The van der Waals surface area contributed by atoms with Gasteiger partial charge in [-0.05, 0) is 42.6 Å². The first kappa shape index (κ1) is 9.38. The van der Waals surface area contributed by atoms with Crippen LogP contribution in [0.3, 0.4) is 0 Å². The minimum absolute atomic E-state index is 0.273. The van der Waals surface area contributed by atoms with Crippen LogP contribution in [-0.2, 0) is 4.79 Å². The zero-order valence-electron chi connectivity index (χ0n) is 9.66. The highest BCUT2D eigenvalue weighted by Gasteiger charge is 2.54. The van der Waals surface area contributed by atoms with Gasteiger partial charge >= 0.3 is 0 Å². The van der Waals surface area contributed by atoms with Gasteiger partial charge in [-0.15, -0.1) is 0 Å². The number of fused-ring (bicyclic) bond motifs is 5. The molecule has 0 aromatic carbocycles. The quantitative estimate of drug-likeness (QED) is 0.552. The van der Waals surface area contributed by atoms with E-state index in [-0.39, 0.29) is 11.3 Å².